The minimum atomic E-state index is -1.11. The number of fused-ring (bicyclic) bond motifs is 1. The molecular weight excluding hydrogens is 527 g/mol. The highest BCUT2D eigenvalue weighted by Crippen LogP contribution is 2.31. The molecule has 3 heterocycles. The van der Waals surface area contributed by atoms with E-state index in [1.807, 2.05) is 51.1 Å². The third-order valence-electron chi connectivity index (χ3n) is 8.10. The zero-order valence-electron chi connectivity index (χ0n) is 23.9. The van der Waals surface area contributed by atoms with Crippen LogP contribution in [0.15, 0.2) is 36.5 Å². The average molecular weight is 566 g/mol. The molecule has 3 N–H and O–H groups in total. The Balaban J connectivity index is 1.37. The summed E-state index contributed by atoms with van der Waals surface area (Å²) in [5, 5.41) is 17.5. The van der Waals surface area contributed by atoms with Crippen molar-refractivity contribution >= 4 is 35.8 Å². The van der Waals surface area contributed by atoms with Gasteiger partial charge in [-0.1, -0.05) is 39.0 Å². The highest BCUT2D eigenvalue weighted by molar-refractivity contribution is 6.46. The third kappa shape index (κ3) is 6.75. The number of carbonyl (C=O) groups excluding carboxylic acids is 3. The molecule has 0 bridgehead atoms. The Morgan fingerprint density at radius 2 is 1.88 bits per heavy atom. The Hall–Kier alpha value is -3.38. The summed E-state index contributed by atoms with van der Waals surface area (Å²) in [4.78, 5) is 46.4. The molecule has 1 aromatic heterocycles. The van der Waals surface area contributed by atoms with Crippen LogP contribution >= 0.6 is 0 Å². The number of amides is 3. The largest absolute Gasteiger partial charge is 0.478 e. The van der Waals surface area contributed by atoms with Crippen molar-refractivity contribution in [2.45, 2.75) is 89.5 Å². The number of hydrogen-bond donors (Lipinski definition) is 3. The molecule has 0 unspecified atom stereocenters. The van der Waals surface area contributed by atoms with Crippen molar-refractivity contribution in [3.8, 4) is 5.88 Å². The number of ether oxygens (including phenoxy) is 2. The number of rotatable bonds is 7. The second-order valence-electron chi connectivity index (χ2n) is 12.2. The average Bonchev–Trinajstić information content (AvgIpc) is 3.69. The van der Waals surface area contributed by atoms with Crippen LogP contribution in [0.5, 0.6) is 5.88 Å². The van der Waals surface area contributed by atoms with Crippen molar-refractivity contribution in [2.24, 2.45) is 5.41 Å². The Morgan fingerprint density at radius 1 is 1.12 bits per heavy atom. The first kappa shape index (κ1) is 29.1. The number of alkyl carbamates (subject to hydrolysis) is 1. The van der Waals surface area contributed by atoms with Crippen LogP contribution in [-0.2, 0) is 19.0 Å². The summed E-state index contributed by atoms with van der Waals surface area (Å²) in [6, 6.07) is 7.77. The van der Waals surface area contributed by atoms with Gasteiger partial charge in [0.1, 0.15) is 24.3 Å². The van der Waals surface area contributed by atoms with Crippen molar-refractivity contribution < 1.29 is 33.5 Å². The molecule has 0 radical (unpaired) electrons. The van der Waals surface area contributed by atoms with Crippen molar-refractivity contribution in [3.63, 3.8) is 0 Å². The number of pyridine rings is 1. The molecule has 0 spiro atoms. The van der Waals surface area contributed by atoms with Crippen LogP contribution in [-0.4, -0.2) is 83.3 Å². The predicted octanol–water partition coefficient (Wildman–Crippen LogP) is 2.59. The molecule has 41 heavy (non-hydrogen) atoms. The van der Waals surface area contributed by atoms with E-state index >= 15 is 0 Å². The number of hydrogen-bond acceptors (Lipinski definition) is 8. The maximum atomic E-state index is 14.1. The van der Waals surface area contributed by atoms with Gasteiger partial charge in [0.05, 0.1) is 12.5 Å². The Labute approximate surface area is 240 Å². The Morgan fingerprint density at radius 3 is 2.59 bits per heavy atom. The standard InChI is InChI=1S/C29H39BN4O7/c1-29(2,3)24(33-28(37)41-19-9-5-6-10-19)27(36)34-17-20(16-22(34)25(35)32-23-13-15-39-30(23)38)40-26-21-11-7-4-8-18(21)12-14-31-26/h4,7-8,11-12,14,19-20,22-24,38H,5-6,9-10,13,15-17H2,1-3H3,(H,32,35)(H,33,37)/t20-,22+,23-,24+/m1/s1. The highest BCUT2D eigenvalue weighted by Gasteiger charge is 2.47. The number of benzene rings is 1. The van der Waals surface area contributed by atoms with Gasteiger partial charge in [-0.05, 0) is 55.0 Å². The van der Waals surface area contributed by atoms with E-state index in [1.165, 1.54) is 4.90 Å². The van der Waals surface area contributed by atoms with E-state index in [0.29, 0.717) is 18.9 Å². The van der Waals surface area contributed by atoms with Gasteiger partial charge in [0.25, 0.3) is 0 Å². The van der Waals surface area contributed by atoms with Crippen LogP contribution in [0.3, 0.4) is 0 Å². The van der Waals surface area contributed by atoms with Crippen molar-refractivity contribution in [1.29, 1.82) is 0 Å². The van der Waals surface area contributed by atoms with Crippen LogP contribution < -0.4 is 15.4 Å². The molecule has 1 aliphatic carbocycles. The SMILES string of the molecule is CC(C)(C)[C@@H](NC(=O)OC1CCCC1)C(=O)N1C[C@H](Oc2nccc3ccccc23)C[C@H]1C(=O)N[C@@H]1CCOB1O. The molecule has 12 heteroatoms. The first-order valence-corrected chi connectivity index (χ1v) is 14.5. The van der Waals surface area contributed by atoms with Gasteiger partial charge in [-0.15, -0.1) is 0 Å². The summed E-state index contributed by atoms with van der Waals surface area (Å²) in [6.45, 7) is 6.03. The van der Waals surface area contributed by atoms with E-state index in [1.54, 1.807) is 6.20 Å². The third-order valence-corrected chi connectivity index (χ3v) is 8.10. The molecule has 2 aromatic rings. The van der Waals surface area contributed by atoms with E-state index in [-0.39, 0.29) is 19.1 Å². The van der Waals surface area contributed by atoms with Gasteiger partial charge in [0.15, 0.2) is 0 Å². The van der Waals surface area contributed by atoms with Crippen LogP contribution in [0.4, 0.5) is 4.79 Å². The van der Waals surface area contributed by atoms with E-state index < -0.39 is 54.6 Å². The Kier molecular flexibility index (Phi) is 8.70. The lowest BCUT2D eigenvalue weighted by atomic mass is 9.80. The molecular formula is C29H39BN4O7. The monoisotopic (exact) mass is 566 g/mol. The van der Waals surface area contributed by atoms with Crippen LogP contribution in [0.2, 0.25) is 0 Å². The first-order valence-electron chi connectivity index (χ1n) is 14.5. The molecule has 2 aliphatic heterocycles. The van der Waals surface area contributed by atoms with E-state index in [9.17, 15) is 19.4 Å². The van der Waals surface area contributed by atoms with E-state index in [4.69, 9.17) is 14.1 Å². The van der Waals surface area contributed by atoms with Gasteiger partial charge in [-0.2, -0.15) is 0 Å². The van der Waals surface area contributed by atoms with Crippen molar-refractivity contribution in [2.75, 3.05) is 13.2 Å². The molecule has 3 aliphatic rings. The smallest absolute Gasteiger partial charge is 0.472 e. The normalized spacial score (nSPS) is 24.0. The maximum Gasteiger partial charge on any atom is 0.478 e. The van der Waals surface area contributed by atoms with Gasteiger partial charge >= 0.3 is 13.2 Å². The number of aromatic nitrogens is 1. The molecule has 4 atom stereocenters. The quantitative estimate of drug-likeness (QED) is 0.435. The molecule has 3 amide bonds. The second kappa shape index (κ2) is 12.2. The highest BCUT2D eigenvalue weighted by atomic mass is 16.6. The summed E-state index contributed by atoms with van der Waals surface area (Å²) in [6.07, 6.45) is 4.69. The number of likely N-dealkylation sites (tertiary alicyclic amines) is 1. The van der Waals surface area contributed by atoms with E-state index in [0.717, 1.165) is 36.5 Å². The second-order valence-corrected chi connectivity index (χ2v) is 12.2. The zero-order chi connectivity index (χ0) is 29.1. The number of nitrogens with zero attached hydrogens (tertiary/aromatic N) is 2. The molecule has 2 saturated heterocycles. The molecule has 11 nitrogen and oxygen atoms in total. The van der Waals surface area contributed by atoms with Gasteiger partial charge in [-0.25, -0.2) is 9.78 Å². The minimum absolute atomic E-state index is 0.122. The number of carbonyl (C=O) groups is 3. The fourth-order valence-corrected chi connectivity index (χ4v) is 5.84. The lowest BCUT2D eigenvalue weighted by Crippen LogP contribution is -2.59. The van der Waals surface area contributed by atoms with Gasteiger partial charge < -0.3 is 34.7 Å². The molecule has 220 valence electrons. The summed E-state index contributed by atoms with van der Waals surface area (Å²) >= 11 is 0. The van der Waals surface area contributed by atoms with Crippen LogP contribution in [0.1, 0.15) is 59.3 Å². The molecule has 5 rings (SSSR count). The lowest BCUT2D eigenvalue weighted by Gasteiger charge is -2.35. The van der Waals surface area contributed by atoms with Crippen molar-refractivity contribution in [3.05, 3.63) is 36.5 Å². The summed E-state index contributed by atoms with van der Waals surface area (Å²) in [5.41, 5.74) is -0.668. The van der Waals surface area contributed by atoms with Gasteiger partial charge in [-0.3, -0.25) is 9.59 Å². The minimum Gasteiger partial charge on any atom is -0.472 e. The fourth-order valence-electron chi connectivity index (χ4n) is 5.84. The van der Waals surface area contributed by atoms with Crippen molar-refractivity contribution in [1.82, 2.24) is 20.5 Å². The Bertz CT molecular complexity index is 1260. The summed E-state index contributed by atoms with van der Waals surface area (Å²) in [5.74, 6) is -0.962. The summed E-state index contributed by atoms with van der Waals surface area (Å²) in [7, 11) is -1.11. The maximum absolute atomic E-state index is 14.1. The van der Waals surface area contributed by atoms with E-state index in [2.05, 4.69) is 15.6 Å². The number of nitrogens with one attached hydrogen (secondary N) is 2. The molecule has 1 aromatic carbocycles. The zero-order valence-corrected chi connectivity index (χ0v) is 23.9. The topological polar surface area (TPSA) is 139 Å². The van der Waals surface area contributed by atoms with Gasteiger partial charge in [0, 0.05) is 24.6 Å². The lowest BCUT2D eigenvalue weighted by molar-refractivity contribution is -0.142. The molecule has 1 saturated carbocycles. The summed E-state index contributed by atoms with van der Waals surface area (Å²) < 4.78 is 17.1. The molecule has 3 fully saturated rings. The first-order chi connectivity index (χ1) is 19.6. The van der Waals surface area contributed by atoms with Crippen LogP contribution in [0, 0.1) is 5.41 Å². The van der Waals surface area contributed by atoms with Gasteiger partial charge in [0.2, 0.25) is 17.7 Å². The predicted molar refractivity (Wildman–Crippen MR) is 152 cm³/mol. The fraction of sp³-hybridized carbons (Fsp3) is 0.586. The van der Waals surface area contributed by atoms with Crippen LogP contribution in [0.25, 0.3) is 10.8 Å².